The fourth-order valence-electron chi connectivity index (χ4n) is 3.65. The molecule has 4 rings (SSSR count). The van der Waals surface area contributed by atoms with Crippen molar-refractivity contribution < 1.29 is 14.3 Å². The number of carbonyl (C=O) groups is 1. The van der Waals surface area contributed by atoms with Crippen LogP contribution in [0.5, 0.6) is 11.5 Å². The van der Waals surface area contributed by atoms with Crippen molar-refractivity contribution in [3.8, 4) is 11.5 Å². The van der Waals surface area contributed by atoms with E-state index in [2.05, 4.69) is 10.4 Å². The Labute approximate surface area is 173 Å². The van der Waals surface area contributed by atoms with E-state index in [4.69, 9.17) is 21.1 Å². The first-order chi connectivity index (χ1) is 14.0. The van der Waals surface area contributed by atoms with Crippen molar-refractivity contribution in [2.24, 2.45) is 7.05 Å². The topological polar surface area (TPSA) is 68.6 Å². The van der Waals surface area contributed by atoms with Gasteiger partial charge in [-0.05, 0) is 31.2 Å². The number of benzene rings is 2. The second-order valence-corrected chi connectivity index (χ2v) is 7.08. The number of fused-ring (bicyclic) bond motifs is 1. The van der Waals surface area contributed by atoms with E-state index in [-0.39, 0.29) is 5.91 Å². The van der Waals surface area contributed by atoms with Crippen LogP contribution in [0.1, 0.15) is 27.8 Å². The van der Waals surface area contributed by atoms with Gasteiger partial charge in [-0.1, -0.05) is 23.7 Å². The van der Waals surface area contributed by atoms with Gasteiger partial charge in [0.25, 0.3) is 5.91 Å². The Balaban J connectivity index is 1.94. The molecule has 29 heavy (non-hydrogen) atoms. The molecule has 8 heteroatoms. The molecule has 0 fully saturated rings. The zero-order valence-corrected chi connectivity index (χ0v) is 17.3. The molecule has 150 valence electrons. The average molecular weight is 413 g/mol. The summed E-state index contributed by atoms with van der Waals surface area (Å²) in [5, 5.41) is 8.33. The fraction of sp³-hybridized carbons (Fsp3) is 0.238. The normalized spacial score (nSPS) is 15.7. The second kappa shape index (κ2) is 7.33. The third-order valence-corrected chi connectivity index (χ3v) is 5.49. The summed E-state index contributed by atoms with van der Waals surface area (Å²) in [6.45, 7) is 1.87. The third kappa shape index (κ3) is 3.07. The third-order valence-electron chi connectivity index (χ3n) is 5.04. The number of nitrogens with one attached hydrogen (secondary N) is 1. The first-order valence-corrected chi connectivity index (χ1v) is 9.44. The quantitative estimate of drug-likeness (QED) is 0.696. The number of rotatable bonds is 4. The molecule has 0 spiro atoms. The summed E-state index contributed by atoms with van der Waals surface area (Å²) in [5.41, 5.74) is 3.38. The minimum atomic E-state index is -0.555. The molecule has 0 saturated carbocycles. The van der Waals surface area contributed by atoms with Crippen LogP contribution in [0.2, 0.25) is 5.15 Å². The molecule has 1 aromatic heterocycles. The van der Waals surface area contributed by atoms with Gasteiger partial charge in [0.15, 0.2) is 0 Å². The number of para-hydroxylation sites is 1. The maximum Gasteiger partial charge on any atom is 0.262 e. The van der Waals surface area contributed by atoms with Crippen molar-refractivity contribution in [1.29, 1.82) is 0 Å². The zero-order chi connectivity index (χ0) is 20.7. The molecule has 1 aliphatic rings. The number of anilines is 2. The molecule has 1 N–H and O–H groups in total. The number of amides is 1. The van der Waals surface area contributed by atoms with Crippen LogP contribution in [-0.2, 0) is 7.05 Å². The predicted octanol–water partition coefficient (Wildman–Crippen LogP) is 4.17. The number of halogens is 1. The molecule has 2 heterocycles. The van der Waals surface area contributed by atoms with Gasteiger partial charge in [0, 0.05) is 18.8 Å². The lowest BCUT2D eigenvalue weighted by Crippen LogP contribution is -2.43. The molecule has 0 saturated heterocycles. The minimum Gasteiger partial charge on any atom is -0.497 e. The molecule has 1 unspecified atom stereocenters. The summed E-state index contributed by atoms with van der Waals surface area (Å²) in [4.78, 5) is 15.2. The van der Waals surface area contributed by atoms with Crippen LogP contribution in [-0.4, -0.2) is 29.9 Å². The monoisotopic (exact) mass is 412 g/mol. The summed E-state index contributed by atoms with van der Waals surface area (Å²) in [6.07, 6.45) is -0.555. The van der Waals surface area contributed by atoms with E-state index in [1.807, 2.05) is 25.1 Å². The Hall–Kier alpha value is -3.19. The predicted molar refractivity (Wildman–Crippen MR) is 112 cm³/mol. The first-order valence-electron chi connectivity index (χ1n) is 9.06. The maximum atomic E-state index is 13.6. The average Bonchev–Trinajstić information content (AvgIpc) is 2.99. The Kier molecular flexibility index (Phi) is 4.84. The molecule has 0 aliphatic carbocycles. The number of aryl methyl sites for hydroxylation is 2. The molecule has 0 bridgehead atoms. The lowest BCUT2D eigenvalue weighted by atomic mass is 10.0. The molecule has 1 atom stereocenters. The Morgan fingerprint density at radius 1 is 1.14 bits per heavy atom. The fourth-order valence-corrected chi connectivity index (χ4v) is 3.92. The highest BCUT2D eigenvalue weighted by atomic mass is 35.5. The molecular formula is C21H21ClN4O3. The molecule has 3 aromatic rings. The van der Waals surface area contributed by atoms with Crippen LogP contribution in [0.4, 0.5) is 11.4 Å². The van der Waals surface area contributed by atoms with E-state index in [1.165, 1.54) is 0 Å². The van der Waals surface area contributed by atoms with Crippen LogP contribution < -0.4 is 19.7 Å². The van der Waals surface area contributed by atoms with Gasteiger partial charge < -0.3 is 14.8 Å². The van der Waals surface area contributed by atoms with Crippen LogP contribution in [0, 0.1) is 6.92 Å². The highest BCUT2D eigenvalue weighted by Gasteiger charge is 2.38. The Morgan fingerprint density at radius 2 is 1.90 bits per heavy atom. The standard InChI is InChI=1S/C21H21ClN4O3/c1-12-18(19(22)25(2)24-12)20-23-15-8-6-5-7-14(15)21(27)26(20)16-10-9-13(28-3)11-17(16)29-4/h5-11,20,23H,1-4H3. The van der Waals surface area contributed by atoms with E-state index in [1.54, 1.807) is 55.1 Å². The van der Waals surface area contributed by atoms with E-state index in [0.29, 0.717) is 27.9 Å². The van der Waals surface area contributed by atoms with Crippen molar-refractivity contribution in [2.45, 2.75) is 13.1 Å². The summed E-state index contributed by atoms with van der Waals surface area (Å²) in [7, 11) is 4.92. The second-order valence-electron chi connectivity index (χ2n) is 6.72. The molecular weight excluding hydrogens is 392 g/mol. The number of carbonyl (C=O) groups excluding carboxylic acids is 1. The number of methoxy groups -OCH3 is 2. The molecule has 2 aromatic carbocycles. The van der Waals surface area contributed by atoms with Crippen LogP contribution in [0.3, 0.4) is 0 Å². The Morgan fingerprint density at radius 3 is 2.55 bits per heavy atom. The summed E-state index contributed by atoms with van der Waals surface area (Å²) in [5.74, 6) is 0.990. The largest absolute Gasteiger partial charge is 0.497 e. The van der Waals surface area contributed by atoms with Crippen molar-refractivity contribution in [3.05, 3.63) is 64.4 Å². The van der Waals surface area contributed by atoms with Gasteiger partial charge in [-0.15, -0.1) is 0 Å². The van der Waals surface area contributed by atoms with Crippen molar-refractivity contribution in [2.75, 3.05) is 24.4 Å². The summed E-state index contributed by atoms with van der Waals surface area (Å²) < 4.78 is 12.5. The highest BCUT2D eigenvalue weighted by Crippen LogP contribution is 2.43. The number of aromatic nitrogens is 2. The summed E-state index contributed by atoms with van der Waals surface area (Å²) >= 11 is 6.57. The number of nitrogens with zero attached hydrogens (tertiary/aromatic N) is 3. The van der Waals surface area contributed by atoms with Gasteiger partial charge in [0.1, 0.15) is 22.8 Å². The maximum absolute atomic E-state index is 13.6. The lowest BCUT2D eigenvalue weighted by Gasteiger charge is -2.38. The van der Waals surface area contributed by atoms with Crippen molar-refractivity contribution >= 4 is 28.9 Å². The van der Waals surface area contributed by atoms with Gasteiger partial charge in [-0.3, -0.25) is 14.4 Å². The van der Waals surface area contributed by atoms with Gasteiger partial charge in [0.05, 0.1) is 36.7 Å². The van der Waals surface area contributed by atoms with Crippen molar-refractivity contribution in [3.63, 3.8) is 0 Å². The van der Waals surface area contributed by atoms with Gasteiger partial charge in [0.2, 0.25) is 0 Å². The van der Waals surface area contributed by atoms with Crippen LogP contribution in [0.15, 0.2) is 42.5 Å². The number of ether oxygens (including phenoxy) is 2. The number of hydrogen-bond acceptors (Lipinski definition) is 5. The zero-order valence-electron chi connectivity index (χ0n) is 16.6. The van der Waals surface area contributed by atoms with Gasteiger partial charge in [-0.2, -0.15) is 5.10 Å². The van der Waals surface area contributed by atoms with E-state index < -0.39 is 6.17 Å². The lowest BCUT2D eigenvalue weighted by molar-refractivity contribution is 0.0974. The van der Waals surface area contributed by atoms with Gasteiger partial charge >= 0.3 is 0 Å². The SMILES string of the molecule is COc1ccc(N2C(=O)c3ccccc3NC2c2c(C)nn(C)c2Cl)c(OC)c1. The summed E-state index contributed by atoms with van der Waals surface area (Å²) in [6, 6.07) is 12.7. The molecule has 1 amide bonds. The highest BCUT2D eigenvalue weighted by molar-refractivity contribution is 6.30. The van der Waals surface area contributed by atoms with Crippen molar-refractivity contribution in [1.82, 2.24) is 9.78 Å². The van der Waals surface area contributed by atoms with Crippen LogP contribution >= 0.6 is 11.6 Å². The molecule has 1 aliphatic heterocycles. The van der Waals surface area contributed by atoms with Gasteiger partial charge in [-0.25, -0.2) is 0 Å². The van der Waals surface area contributed by atoms with E-state index in [9.17, 15) is 4.79 Å². The molecule has 7 nitrogen and oxygen atoms in total. The molecule has 0 radical (unpaired) electrons. The van der Waals surface area contributed by atoms with E-state index >= 15 is 0 Å². The smallest absolute Gasteiger partial charge is 0.262 e. The minimum absolute atomic E-state index is 0.160. The first kappa shape index (κ1) is 19.1. The number of hydrogen-bond donors (Lipinski definition) is 1. The van der Waals surface area contributed by atoms with E-state index in [0.717, 1.165) is 16.9 Å². The van der Waals surface area contributed by atoms with Crippen LogP contribution in [0.25, 0.3) is 0 Å². The Bertz CT molecular complexity index is 1100.